The number of aliphatic hydroxyl groups is 1. The molecule has 0 radical (unpaired) electrons. The number of aliphatic hydroxyl groups excluding tert-OH is 1. The van der Waals surface area contributed by atoms with Gasteiger partial charge in [0, 0.05) is 19.0 Å². The molecular formula is C16H20N2O2. The van der Waals surface area contributed by atoms with Gasteiger partial charge in [0.15, 0.2) is 0 Å². The second kappa shape index (κ2) is 8.98. The standard InChI is InChI=1S/C16H20N2O2/c1-3-7-14(4-2)18-11-15(19)12-20-16-9-6-5-8-13(16)10-17/h1,5-6,8-9,14-15,18-19H,4,7,11-12H2,2H3. The molecule has 1 aromatic carbocycles. The zero-order chi connectivity index (χ0) is 14.8. The molecule has 2 N–H and O–H groups in total. The van der Waals surface area contributed by atoms with Crippen LogP contribution < -0.4 is 10.1 Å². The summed E-state index contributed by atoms with van der Waals surface area (Å²) in [5.74, 6) is 3.09. The quantitative estimate of drug-likeness (QED) is 0.707. The van der Waals surface area contributed by atoms with Crippen molar-refractivity contribution in [2.75, 3.05) is 13.2 Å². The van der Waals surface area contributed by atoms with Gasteiger partial charge in [0.05, 0.1) is 5.56 Å². The van der Waals surface area contributed by atoms with E-state index in [0.29, 0.717) is 24.3 Å². The number of nitrogens with zero attached hydrogens (tertiary/aromatic N) is 1. The Hall–Kier alpha value is -2.01. The molecule has 0 aliphatic carbocycles. The summed E-state index contributed by atoms with van der Waals surface area (Å²) in [6.07, 6.45) is 6.18. The zero-order valence-electron chi connectivity index (χ0n) is 11.7. The van der Waals surface area contributed by atoms with Gasteiger partial charge in [-0.2, -0.15) is 5.26 Å². The van der Waals surface area contributed by atoms with Gasteiger partial charge >= 0.3 is 0 Å². The number of terminal acetylenes is 1. The van der Waals surface area contributed by atoms with Crippen LogP contribution in [0.1, 0.15) is 25.3 Å². The largest absolute Gasteiger partial charge is 0.489 e. The topological polar surface area (TPSA) is 65.3 Å². The van der Waals surface area contributed by atoms with Crippen molar-refractivity contribution >= 4 is 0 Å². The Morgan fingerprint density at radius 3 is 2.85 bits per heavy atom. The van der Waals surface area contributed by atoms with Crippen molar-refractivity contribution < 1.29 is 9.84 Å². The molecule has 0 saturated carbocycles. The van der Waals surface area contributed by atoms with E-state index in [2.05, 4.69) is 17.3 Å². The van der Waals surface area contributed by atoms with Crippen molar-refractivity contribution in [1.82, 2.24) is 5.32 Å². The molecule has 0 aliphatic rings. The first-order valence-corrected chi connectivity index (χ1v) is 6.68. The number of rotatable bonds is 8. The maximum atomic E-state index is 9.86. The molecule has 0 amide bonds. The van der Waals surface area contributed by atoms with E-state index in [4.69, 9.17) is 16.4 Å². The van der Waals surface area contributed by atoms with Crippen LogP contribution in [0.25, 0.3) is 0 Å². The number of benzene rings is 1. The lowest BCUT2D eigenvalue weighted by molar-refractivity contribution is 0.103. The minimum atomic E-state index is -0.645. The molecule has 0 aliphatic heterocycles. The van der Waals surface area contributed by atoms with E-state index >= 15 is 0 Å². The van der Waals surface area contributed by atoms with E-state index in [9.17, 15) is 5.11 Å². The van der Waals surface area contributed by atoms with Crippen LogP contribution in [0, 0.1) is 23.7 Å². The van der Waals surface area contributed by atoms with E-state index < -0.39 is 6.10 Å². The molecule has 0 heterocycles. The van der Waals surface area contributed by atoms with Crippen LogP contribution in [-0.2, 0) is 0 Å². The predicted molar refractivity (Wildman–Crippen MR) is 78.2 cm³/mol. The first-order chi connectivity index (χ1) is 9.71. The summed E-state index contributed by atoms with van der Waals surface area (Å²) < 4.78 is 5.46. The first kappa shape index (κ1) is 16.0. The Bertz CT molecular complexity index is 488. The molecule has 2 atom stereocenters. The molecule has 1 rings (SSSR count). The average molecular weight is 272 g/mol. The molecule has 106 valence electrons. The van der Waals surface area contributed by atoms with Gasteiger partial charge in [0.25, 0.3) is 0 Å². The lowest BCUT2D eigenvalue weighted by atomic mass is 10.1. The molecule has 4 heteroatoms. The number of para-hydroxylation sites is 1. The number of nitriles is 1. The maximum Gasteiger partial charge on any atom is 0.137 e. The summed E-state index contributed by atoms with van der Waals surface area (Å²) in [5.41, 5.74) is 0.464. The highest BCUT2D eigenvalue weighted by atomic mass is 16.5. The molecule has 0 aromatic heterocycles. The SMILES string of the molecule is C#CCC(CC)NCC(O)COc1ccccc1C#N. The van der Waals surface area contributed by atoms with Crippen LogP contribution in [-0.4, -0.2) is 30.4 Å². The van der Waals surface area contributed by atoms with Gasteiger partial charge in [-0.05, 0) is 18.6 Å². The predicted octanol–water partition coefficient (Wildman–Crippen LogP) is 1.69. The number of nitrogens with one attached hydrogen (secondary N) is 1. The maximum absolute atomic E-state index is 9.86. The number of hydrogen-bond acceptors (Lipinski definition) is 4. The number of hydrogen-bond donors (Lipinski definition) is 2. The van der Waals surface area contributed by atoms with E-state index in [1.54, 1.807) is 24.3 Å². The van der Waals surface area contributed by atoms with Crippen molar-refractivity contribution in [3.8, 4) is 24.2 Å². The van der Waals surface area contributed by atoms with E-state index in [-0.39, 0.29) is 12.6 Å². The lowest BCUT2D eigenvalue weighted by Crippen LogP contribution is -2.37. The molecule has 0 fully saturated rings. The molecular weight excluding hydrogens is 252 g/mol. The summed E-state index contributed by atoms with van der Waals surface area (Å²) in [6.45, 7) is 2.59. The Morgan fingerprint density at radius 2 is 2.20 bits per heavy atom. The summed E-state index contributed by atoms with van der Waals surface area (Å²) in [7, 11) is 0. The molecule has 0 bridgehead atoms. The first-order valence-electron chi connectivity index (χ1n) is 6.68. The molecule has 0 spiro atoms. The fourth-order valence-electron chi connectivity index (χ4n) is 1.74. The molecule has 0 saturated heterocycles. The highest BCUT2D eigenvalue weighted by molar-refractivity contribution is 5.42. The zero-order valence-corrected chi connectivity index (χ0v) is 11.7. The van der Waals surface area contributed by atoms with E-state index in [0.717, 1.165) is 6.42 Å². The normalized spacial score (nSPS) is 13.0. The monoisotopic (exact) mass is 272 g/mol. The summed E-state index contributed by atoms with van der Waals surface area (Å²) in [4.78, 5) is 0. The average Bonchev–Trinajstić information content (AvgIpc) is 2.49. The van der Waals surface area contributed by atoms with Crippen LogP contribution in [0.3, 0.4) is 0 Å². The Kier molecular flexibility index (Phi) is 7.21. The van der Waals surface area contributed by atoms with Crippen molar-refractivity contribution in [3.05, 3.63) is 29.8 Å². The van der Waals surface area contributed by atoms with Crippen LogP contribution in [0.15, 0.2) is 24.3 Å². The fraction of sp³-hybridized carbons (Fsp3) is 0.438. The van der Waals surface area contributed by atoms with Gasteiger partial charge in [-0.25, -0.2) is 0 Å². The third-order valence-electron chi connectivity index (χ3n) is 2.94. The Balaban J connectivity index is 2.38. The second-order valence-corrected chi connectivity index (χ2v) is 4.49. The third kappa shape index (κ3) is 5.32. The lowest BCUT2D eigenvalue weighted by Gasteiger charge is -2.18. The smallest absolute Gasteiger partial charge is 0.137 e. The highest BCUT2D eigenvalue weighted by Gasteiger charge is 2.10. The summed E-state index contributed by atoms with van der Waals surface area (Å²) in [6, 6.07) is 9.22. The van der Waals surface area contributed by atoms with Crippen LogP contribution >= 0.6 is 0 Å². The minimum Gasteiger partial charge on any atom is -0.489 e. The van der Waals surface area contributed by atoms with E-state index in [1.165, 1.54) is 0 Å². The van der Waals surface area contributed by atoms with Crippen molar-refractivity contribution in [3.63, 3.8) is 0 Å². The molecule has 20 heavy (non-hydrogen) atoms. The Morgan fingerprint density at radius 1 is 1.45 bits per heavy atom. The summed E-state index contributed by atoms with van der Waals surface area (Å²) >= 11 is 0. The minimum absolute atomic E-state index is 0.137. The highest BCUT2D eigenvalue weighted by Crippen LogP contribution is 2.16. The van der Waals surface area contributed by atoms with Crippen LogP contribution in [0.2, 0.25) is 0 Å². The summed E-state index contributed by atoms with van der Waals surface area (Å²) in [5, 5.41) is 22.0. The third-order valence-corrected chi connectivity index (χ3v) is 2.94. The van der Waals surface area contributed by atoms with Crippen LogP contribution in [0.5, 0.6) is 5.75 Å². The van der Waals surface area contributed by atoms with Gasteiger partial charge < -0.3 is 15.2 Å². The van der Waals surface area contributed by atoms with Crippen LogP contribution in [0.4, 0.5) is 0 Å². The van der Waals surface area contributed by atoms with Gasteiger partial charge in [-0.1, -0.05) is 19.1 Å². The van der Waals surface area contributed by atoms with Gasteiger partial charge in [-0.15, -0.1) is 12.3 Å². The molecule has 4 nitrogen and oxygen atoms in total. The van der Waals surface area contributed by atoms with Gasteiger partial charge in [-0.3, -0.25) is 0 Å². The second-order valence-electron chi connectivity index (χ2n) is 4.49. The van der Waals surface area contributed by atoms with Crippen molar-refractivity contribution in [2.45, 2.75) is 31.9 Å². The van der Waals surface area contributed by atoms with Gasteiger partial charge in [0.1, 0.15) is 24.5 Å². The van der Waals surface area contributed by atoms with Gasteiger partial charge in [0.2, 0.25) is 0 Å². The molecule has 2 unspecified atom stereocenters. The molecule has 1 aromatic rings. The Labute approximate surface area is 120 Å². The van der Waals surface area contributed by atoms with Crippen molar-refractivity contribution in [2.24, 2.45) is 0 Å². The number of ether oxygens (including phenoxy) is 1. The fourth-order valence-corrected chi connectivity index (χ4v) is 1.74. The van der Waals surface area contributed by atoms with E-state index in [1.807, 2.05) is 6.92 Å². The van der Waals surface area contributed by atoms with Crippen molar-refractivity contribution in [1.29, 1.82) is 5.26 Å².